The lowest BCUT2D eigenvalue weighted by Gasteiger charge is -2.28. The van der Waals surface area contributed by atoms with Crippen molar-refractivity contribution in [2.45, 2.75) is 18.9 Å². The van der Waals surface area contributed by atoms with E-state index in [4.69, 9.17) is 5.73 Å². The fourth-order valence-electron chi connectivity index (χ4n) is 2.34. The summed E-state index contributed by atoms with van der Waals surface area (Å²) in [6.07, 6.45) is 1.01. The molecule has 21 heavy (non-hydrogen) atoms. The average molecular weight is 312 g/mol. The fourth-order valence-corrected chi connectivity index (χ4v) is 2.34. The standard InChI is InChI=1S/C15H21N3O2.ClH/c1-18-8-7-12(9-14(18)19)15(20)17-10-13(16)11-5-3-2-4-6-11;/h2-6,12-13H,7-10,16H2,1H3,(H,17,20);1H. The molecule has 5 nitrogen and oxygen atoms in total. The first-order chi connectivity index (χ1) is 9.58. The molecule has 0 aliphatic carbocycles. The van der Waals surface area contributed by atoms with Gasteiger partial charge in [0.05, 0.1) is 0 Å². The van der Waals surface area contributed by atoms with Gasteiger partial charge >= 0.3 is 0 Å². The maximum absolute atomic E-state index is 12.0. The number of benzene rings is 1. The number of hydrogen-bond donors (Lipinski definition) is 2. The van der Waals surface area contributed by atoms with Crippen LogP contribution in [0.25, 0.3) is 0 Å². The van der Waals surface area contributed by atoms with E-state index in [1.165, 1.54) is 0 Å². The SMILES string of the molecule is CN1CCC(C(=O)NCC(N)c2ccccc2)CC1=O.Cl. The Morgan fingerprint density at radius 2 is 2.10 bits per heavy atom. The first-order valence-electron chi connectivity index (χ1n) is 6.90. The largest absolute Gasteiger partial charge is 0.354 e. The Hall–Kier alpha value is -1.59. The summed E-state index contributed by atoms with van der Waals surface area (Å²) in [7, 11) is 1.77. The maximum Gasteiger partial charge on any atom is 0.223 e. The normalized spacial score (nSPS) is 19.6. The number of rotatable bonds is 4. The minimum atomic E-state index is -0.221. The molecule has 0 radical (unpaired) electrons. The van der Waals surface area contributed by atoms with E-state index >= 15 is 0 Å². The van der Waals surface area contributed by atoms with Gasteiger partial charge in [0.25, 0.3) is 0 Å². The molecule has 2 unspecified atom stereocenters. The third kappa shape index (κ3) is 4.72. The monoisotopic (exact) mass is 311 g/mol. The zero-order valence-corrected chi connectivity index (χ0v) is 12.9. The number of amides is 2. The molecule has 1 aromatic carbocycles. The van der Waals surface area contributed by atoms with E-state index in [1.54, 1.807) is 11.9 Å². The third-order valence-corrected chi connectivity index (χ3v) is 3.75. The van der Waals surface area contributed by atoms with E-state index in [0.29, 0.717) is 25.9 Å². The molecule has 1 saturated heterocycles. The smallest absolute Gasteiger partial charge is 0.223 e. The topological polar surface area (TPSA) is 75.4 Å². The van der Waals surface area contributed by atoms with Crippen molar-refractivity contribution < 1.29 is 9.59 Å². The van der Waals surface area contributed by atoms with Crippen LogP contribution in [0.3, 0.4) is 0 Å². The molecule has 1 aliphatic heterocycles. The fraction of sp³-hybridized carbons (Fsp3) is 0.467. The van der Waals surface area contributed by atoms with Crippen molar-refractivity contribution in [1.82, 2.24) is 10.2 Å². The molecule has 2 atom stereocenters. The number of piperidine rings is 1. The van der Waals surface area contributed by atoms with Crippen LogP contribution < -0.4 is 11.1 Å². The predicted octanol–water partition coefficient (Wildman–Crippen LogP) is 1.09. The Labute approximate surface area is 131 Å². The Bertz CT molecular complexity index is 481. The number of hydrogen-bond acceptors (Lipinski definition) is 3. The average Bonchev–Trinajstić information content (AvgIpc) is 2.48. The highest BCUT2D eigenvalue weighted by atomic mass is 35.5. The van der Waals surface area contributed by atoms with Gasteiger partial charge in [-0.25, -0.2) is 0 Å². The van der Waals surface area contributed by atoms with E-state index < -0.39 is 0 Å². The zero-order valence-electron chi connectivity index (χ0n) is 12.1. The second-order valence-electron chi connectivity index (χ2n) is 5.27. The molecule has 1 fully saturated rings. The number of nitrogens with one attached hydrogen (secondary N) is 1. The first kappa shape index (κ1) is 17.5. The summed E-state index contributed by atoms with van der Waals surface area (Å²) in [5.74, 6) is -0.261. The Morgan fingerprint density at radius 3 is 2.71 bits per heavy atom. The van der Waals surface area contributed by atoms with Crippen LogP contribution in [-0.4, -0.2) is 36.9 Å². The molecule has 2 amide bonds. The summed E-state index contributed by atoms with van der Waals surface area (Å²) in [6.45, 7) is 1.03. The van der Waals surface area contributed by atoms with Gasteiger partial charge in [0.1, 0.15) is 0 Å². The van der Waals surface area contributed by atoms with E-state index in [2.05, 4.69) is 5.32 Å². The second kappa shape index (κ2) is 8.00. The molecule has 1 aromatic rings. The van der Waals surface area contributed by atoms with Crippen LogP contribution in [0.15, 0.2) is 30.3 Å². The maximum atomic E-state index is 12.0. The lowest BCUT2D eigenvalue weighted by atomic mass is 9.95. The Morgan fingerprint density at radius 1 is 1.43 bits per heavy atom. The zero-order chi connectivity index (χ0) is 14.5. The van der Waals surface area contributed by atoms with Crippen molar-refractivity contribution in [2.75, 3.05) is 20.1 Å². The van der Waals surface area contributed by atoms with Crippen molar-refractivity contribution >= 4 is 24.2 Å². The molecule has 0 bridgehead atoms. The molecule has 1 heterocycles. The Kier molecular flexibility index (Phi) is 6.65. The quantitative estimate of drug-likeness (QED) is 0.874. The molecule has 0 spiro atoms. The minimum absolute atomic E-state index is 0. The van der Waals surface area contributed by atoms with Crippen LogP contribution >= 0.6 is 12.4 Å². The highest BCUT2D eigenvalue weighted by Gasteiger charge is 2.28. The van der Waals surface area contributed by atoms with Crippen molar-refractivity contribution in [1.29, 1.82) is 0 Å². The van der Waals surface area contributed by atoms with Gasteiger partial charge in [-0.3, -0.25) is 9.59 Å². The van der Waals surface area contributed by atoms with Crippen LogP contribution in [-0.2, 0) is 9.59 Å². The predicted molar refractivity (Wildman–Crippen MR) is 84.0 cm³/mol. The molecule has 3 N–H and O–H groups in total. The molecule has 116 valence electrons. The summed E-state index contributed by atoms with van der Waals surface area (Å²) in [5.41, 5.74) is 7.03. The highest BCUT2D eigenvalue weighted by Crippen LogP contribution is 2.17. The third-order valence-electron chi connectivity index (χ3n) is 3.75. The van der Waals surface area contributed by atoms with Crippen LogP contribution in [0.4, 0.5) is 0 Å². The van der Waals surface area contributed by atoms with Gasteiger partial charge in [0.2, 0.25) is 11.8 Å². The van der Waals surface area contributed by atoms with Gasteiger partial charge in [-0.1, -0.05) is 30.3 Å². The van der Waals surface area contributed by atoms with Crippen LogP contribution in [0.1, 0.15) is 24.4 Å². The summed E-state index contributed by atoms with van der Waals surface area (Å²) in [6, 6.07) is 9.44. The highest BCUT2D eigenvalue weighted by molar-refractivity contribution is 5.86. The summed E-state index contributed by atoms with van der Waals surface area (Å²) in [4.78, 5) is 25.3. The number of likely N-dealkylation sites (tertiary alicyclic amines) is 1. The lowest BCUT2D eigenvalue weighted by molar-refractivity contribution is -0.139. The molecule has 6 heteroatoms. The second-order valence-corrected chi connectivity index (χ2v) is 5.27. The van der Waals surface area contributed by atoms with Gasteiger partial charge in [-0.05, 0) is 12.0 Å². The van der Waals surface area contributed by atoms with Gasteiger partial charge in [-0.15, -0.1) is 12.4 Å². The van der Waals surface area contributed by atoms with Gasteiger partial charge in [0.15, 0.2) is 0 Å². The Balaban J connectivity index is 0.00000220. The number of carbonyl (C=O) groups excluding carboxylic acids is 2. The number of carbonyl (C=O) groups is 2. The van der Waals surface area contributed by atoms with Gasteiger partial charge < -0.3 is 16.0 Å². The van der Waals surface area contributed by atoms with Crippen molar-refractivity contribution in [3.8, 4) is 0 Å². The minimum Gasteiger partial charge on any atom is -0.354 e. The van der Waals surface area contributed by atoms with Crippen LogP contribution in [0, 0.1) is 5.92 Å². The van der Waals surface area contributed by atoms with Crippen molar-refractivity contribution in [3.63, 3.8) is 0 Å². The molecule has 2 rings (SSSR count). The van der Waals surface area contributed by atoms with E-state index in [9.17, 15) is 9.59 Å². The van der Waals surface area contributed by atoms with E-state index in [1.807, 2.05) is 30.3 Å². The summed E-state index contributed by atoms with van der Waals surface area (Å²) in [5, 5.41) is 2.85. The molecular formula is C15H22ClN3O2. The molecule has 0 saturated carbocycles. The van der Waals surface area contributed by atoms with Gasteiger partial charge in [0, 0.05) is 38.5 Å². The van der Waals surface area contributed by atoms with Crippen LogP contribution in [0.2, 0.25) is 0 Å². The summed E-state index contributed by atoms with van der Waals surface area (Å²) < 4.78 is 0. The lowest BCUT2D eigenvalue weighted by Crippen LogP contribution is -2.43. The molecule has 0 aromatic heterocycles. The van der Waals surface area contributed by atoms with Crippen LogP contribution in [0.5, 0.6) is 0 Å². The molecular weight excluding hydrogens is 290 g/mol. The number of halogens is 1. The van der Waals surface area contributed by atoms with E-state index in [0.717, 1.165) is 5.56 Å². The van der Waals surface area contributed by atoms with Crippen molar-refractivity contribution in [3.05, 3.63) is 35.9 Å². The van der Waals surface area contributed by atoms with Crippen molar-refractivity contribution in [2.24, 2.45) is 11.7 Å². The molecule has 1 aliphatic rings. The number of nitrogens with zero attached hydrogens (tertiary/aromatic N) is 1. The summed E-state index contributed by atoms with van der Waals surface area (Å²) >= 11 is 0. The van der Waals surface area contributed by atoms with E-state index in [-0.39, 0.29) is 36.2 Å². The number of nitrogens with two attached hydrogens (primary N) is 1. The first-order valence-corrected chi connectivity index (χ1v) is 6.90. The van der Waals surface area contributed by atoms with Gasteiger partial charge in [-0.2, -0.15) is 0 Å².